The minimum atomic E-state index is -0.915. The average Bonchev–Trinajstić information content (AvgIpc) is 3.25. The van der Waals surface area contributed by atoms with Crippen LogP contribution >= 0.6 is 23.2 Å². The van der Waals surface area contributed by atoms with E-state index in [1.165, 1.54) is 0 Å². The molecule has 3 unspecified atom stereocenters. The molecule has 1 amide bonds. The van der Waals surface area contributed by atoms with Crippen LogP contribution in [0.15, 0.2) is 18.2 Å². The monoisotopic (exact) mass is 357 g/mol. The van der Waals surface area contributed by atoms with Crippen LogP contribution in [0.3, 0.4) is 0 Å². The van der Waals surface area contributed by atoms with Crippen LogP contribution < -0.4 is 0 Å². The van der Waals surface area contributed by atoms with Crippen molar-refractivity contribution in [3.05, 3.63) is 33.8 Å². The number of aliphatic carboxylic acids is 1. The number of hydrogen-bond donors (Lipinski definition) is 1. The molecule has 1 aliphatic heterocycles. The number of carbonyl (C=O) groups excluding carboxylic acids is 1. The Morgan fingerprint density at radius 3 is 2.61 bits per heavy atom. The fourth-order valence-electron chi connectivity index (χ4n) is 3.10. The Bertz CT molecular complexity index is 616. The van der Waals surface area contributed by atoms with Crippen molar-refractivity contribution in [2.24, 2.45) is 5.92 Å². The Hall–Kier alpha value is -1.30. The number of ether oxygens (including phenoxy) is 1. The zero-order valence-corrected chi connectivity index (χ0v) is 13.9. The molecule has 1 aromatic rings. The third kappa shape index (κ3) is 3.97. The summed E-state index contributed by atoms with van der Waals surface area (Å²) in [6.07, 6.45) is 0.265. The molecule has 7 heteroatoms. The number of rotatable bonds is 4. The van der Waals surface area contributed by atoms with E-state index in [-0.39, 0.29) is 24.2 Å². The maximum Gasteiger partial charge on any atom is 0.306 e. The van der Waals surface area contributed by atoms with Gasteiger partial charge in [-0.05, 0) is 36.1 Å². The number of halogens is 2. The quantitative estimate of drug-likeness (QED) is 0.899. The third-order valence-corrected chi connectivity index (χ3v) is 4.71. The number of morpholine rings is 1. The van der Waals surface area contributed by atoms with Crippen molar-refractivity contribution in [3.63, 3.8) is 0 Å². The number of nitrogens with zero attached hydrogens (tertiary/aromatic N) is 1. The third-order valence-electron chi connectivity index (χ3n) is 4.27. The molecule has 0 aromatic heterocycles. The van der Waals surface area contributed by atoms with Crippen LogP contribution in [0.5, 0.6) is 0 Å². The zero-order chi connectivity index (χ0) is 16.6. The first-order valence-corrected chi connectivity index (χ1v) is 8.28. The molecule has 3 rings (SSSR count). The zero-order valence-electron chi connectivity index (χ0n) is 12.4. The highest BCUT2D eigenvalue weighted by molar-refractivity contribution is 6.34. The fourth-order valence-corrected chi connectivity index (χ4v) is 3.64. The van der Waals surface area contributed by atoms with Gasteiger partial charge in [-0.2, -0.15) is 0 Å². The maximum atomic E-state index is 12.6. The van der Waals surface area contributed by atoms with Gasteiger partial charge in [0.2, 0.25) is 5.91 Å². The highest BCUT2D eigenvalue weighted by Gasteiger charge is 2.46. The van der Waals surface area contributed by atoms with Gasteiger partial charge < -0.3 is 14.7 Å². The summed E-state index contributed by atoms with van der Waals surface area (Å²) < 4.78 is 5.40. The van der Waals surface area contributed by atoms with Crippen molar-refractivity contribution < 1.29 is 19.4 Å². The number of carboxylic acids is 1. The van der Waals surface area contributed by atoms with E-state index in [9.17, 15) is 9.59 Å². The van der Waals surface area contributed by atoms with Gasteiger partial charge in [-0.1, -0.05) is 23.2 Å². The molecule has 1 aromatic carbocycles. The molecule has 0 bridgehead atoms. The van der Waals surface area contributed by atoms with Gasteiger partial charge in [0.1, 0.15) is 0 Å². The molecule has 3 atom stereocenters. The van der Waals surface area contributed by atoms with E-state index in [2.05, 4.69) is 0 Å². The second-order valence-electron chi connectivity index (χ2n) is 6.03. The largest absolute Gasteiger partial charge is 0.481 e. The van der Waals surface area contributed by atoms with Crippen LogP contribution in [0.25, 0.3) is 0 Å². The minimum absolute atomic E-state index is 0.0600. The average molecular weight is 358 g/mol. The lowest BCUT2D eigenvalue weighted by molar-refractivity contribution is -0.148. The lowest BCUT2D eigenvalue weighted by Crippen LogP contribution is -2.47. The number of carboxylic acid groups (broad SMARTS) is 1. The molecule has 23 heavy (non-hydrogen) atoms. The molecular formula is C16H17Cl2NO4. The highest BCUT2D eigenvalue weighted by atomic mass is 35.5. The molecule has 124 valence electrons. The molecule has 1 saturated carbocycles. The smallest absolute Gasteiger partial charge is 0.306 e. The minimum Gasteiger partial charge on any atom is -0.481 e. The summed E-state index contributed by atoms with van der Waals surface area (Å²) in [6.45, 7) is 1.23. The van der Waals surface area contributed by atoms with E-state index in [1.54, 1.807) is 11.0 Å². The summed E-state index contributed by atoms with van der Waals surface area (Å²) in [4.78, 5) is 25.1. The molecule has 0 spiro atoms. The topological polar surface area (TPSA) is 66.8 Å². The van der Waals surface area contributed by atoms with Crippen LogP contribution in [-0.4, -0.2) is 47.7 Å². The summed E-state index contributed by atoms with van der Waals surface area (Å²) in [5.41, 5.74) is 0.983. The van der Waals surface area contributed by atoms with Gasteiger partial charge in [-0.3, -0.25) is 9.59 Å². The van der Waals surface area contributed by atoms with E-state index in [0.29, 0.717) is 29.7 Å². The van der Waals surface area contributed by atoms with E-state index in [4.69, 9.17) is 33.0 Å². The summed E-state index contributed by atoms with van der Waals surface area (Å²) >= 11 is 12.0. The summed E-state index contributed by atoms with van der Waals surface area (Å²) in [6, 6.07) is 5.36. The van der Waals surface area contributed by atoms with Gasteiger partial charge in [0.15, 0.2) is 0 Å². The second-order valence-corrected chi connectivity index (χ2v) is 6.90. The maximum absolute atomic E-state index is 12.6. The van der Waals surface area contributed by atoms with Crippen molar-refractivity contribution in [2.75, 3.05) is 19.7 Å². The van der Waals surface area contributed by atoms with Crippen molar-refractivity contribution in [2.45, 2.75) is 24.9 Å². The van der Waals surface area contributed by atoms with E-state index >= 15 is 0 Å². The SMILES string of the molecule is O=C(O)CC1CN(C(=O)C2CC2c2cc(Cl)cc(Cl)c2)CCO1. The van der Waals surface area contributed by atoms with Gasteiger partial charge in [0.25, 0.3) is 0 Å². The Morgan fingerprint density at radius 1 is 1.26 bits per heavy atom. The fraction of sp³-hybridized carbons (Fsp3) is 0.500. The van der Waals surface area contributed by atoms with Gasteiger partial charge in [-0.25, -0.2) is 0 Å². The summed E-state index contributed by atoms with van der Waals surface area (Å²) in [5.74, 6) is -0.792. The molecule has 1 saturated heterocycles. The molecule has 1 heterocycles. The predicted octanol–water partition coefficient (Wildman–Crippen LogP) is 2.80. The second kappa shape index (κ2) is 6.67. The first-order valence-electron chi connectivity index (χ1n) is 7.52. The Labute approximate surface area is 144 Å². The normalized spacial score (nSPS) is 26.9. The predicted molar refractivity (Wildman–Crippen MR) is 85.9 cm³/mol. The number of amides is 1. The van der Waals surface area contributed by atoms with Crippen molar-refractivity contribution >= 4 is 35.1 Å². The number of carbonyl (C=O) groups is 2. The standard InChI is InChI=1S/C16H17Cl2NO4/c17-10-3-9(4-11(18)5-10)13-7-14(13)16(22)19-1-2-23-12(8-19)6-15(20)21/h3-5,12-14H,1-2,6-8H2,(H,20,21). The molecule has 2 aliphatic rings. The van der Waals surface area contributed by atoms with Gasteiger partial charge in [0.05, 0.1) is 19.1 Å². The van der Waals surface area contributed by atoms with E-state index in [1.807, 2.05) is 12.1 Å². The molecule has 0 radical (unpaired) electrons. The lowest BCUT2D eigenvalue weighted by atomic mass is 10.1. The number of benzene rings is 1. The molecular weight excluding hydrogens is 341 g/mol. The van der Waals surface area contributed by atoms with Crippen LogP contribution in [0.1, 0.15) is 24.3 Å². The van der Waals surface area contributed by atoms with Crippen LogP contribution in [0, 0.1) is 5.92 Å². The Kier molecular flexibility index (Phi) is 4.80. The molecule has 2 fully saturated rings. The molecule has 1 N–H and O–H groups in total. The summed E-state index contributed by atoms with van der Waals surface area (Å²) in [7, 11) is 0. The van der Waals surface area contributed by atoms with Crippen molar-refractivity contribution in [1.82, 2.24) is 4.90 Å². The Balaban J connectivity index is 1.62. The van der Waals surface area contributed by atoms with Crippen molar-refractivity contribution in [1.29, 1.82) is 0 Å². The van der Waals surface area contributed by atoms with Crippen LogP contribution in [0.2, 0.25) is 10.0 Å². The van der Waals surface area contributed by atoms with Crippen LogP contribution in [-0.2, 0) is 14.3 Å². The highest BCUT2D eigenvalue weighted by Crippen LogP contribution is 2.49. The van der Waals surface area contributed by atoms with Gasteiger partial charge in [0, 0.05) is 29.1 Å². The number of hydrogen-bond acceptors (Lipinski definition) is 3. The van der Waals surface area contributed by atoms with E-state index < -0.39 is 12.1 Å². The van der Waals surface area contributed by atoms with Gasteiger partial charge >= 0.3 is 5.97 Å². The van der Waals surface area contributed by atoms with Crippen LogP contribution in [0.4, 0.5) is 0 Å². The lowest BCUT2D eigenvalue weighted by Gasteiger charge is -2.32. The Morgan fingerprint density at radius 2 is 1.96 bits per heavy atom. The van der Waals surface area contributed by atoms with Crippen molar-refractivity contribution in [3.8, 4) is 0 Å². The molecule has 1 aliphatic carbocycles. The first-order chi connectivity index (χ1) is 10.9. The van der Waals surface area contributed by atoms with Gasteiger partial charge in [-0.15, -0.1) is 0 Å². The van der Waals surface area contributed by atoms with E-state index in [0.717, 1.165) is 12.0 Å². The summed E-state index contributed by atoms with van der Waals surface area (Å²) in [5, 5.41) is 9.98. The molecule has 5 nitrogen and oxygen atoms in total. The first kappa shape index (κ1) is 16.6.